The zero-order valence-electron chi connectivity index (χ0n) is 11.2. The van der Waals surface area contributed by atoms with E-state index in [1.807, 2.05) is 0 Å². The molecule has 18 heavy (non-hydrogen) atoms. The molecular formula is C16H23NO. The standard InChI is InChI=1S/C16H23NO/c1-12-4-7-16(18-15-5-6-15)14(9-12)10-13-3-2-8-17-11-13/h4,7,9,13,15,17H,2-3,5-6,8,10-11H2,1H3. The van der Waals surface area contributed by atoms with Crippen LogP contribution in [0.25, 0.3) is 0 Å². The van der Waals surface area contributed by atoms with Crippen LogP contribution in [0, 0.1) is 12.8 Å². The number of rotatable bonds is 4. The predicted octanol–water partition coefficient (Wildman–Crippen LogP) is 3.08. The lowest BCUT2D eigenvalue weighted by Gasteiger charge is -2.24. The van der Waals surface area contributed by atoms with Crippen molar-refractivity contribution in [3.63, 3.8) is 0 Å². The molecule has 1 aliphatic carbocycles. The first-order valence-corrected chi connectivity index (χ1v) is 7.28. The highest BCUT2D eigenvalue weighted by Gasteiger charge is 2.25. The van der Waals surface area contributed by atoms with Gasteiger partial charge in [-0.2, -0.15) is 0 Å². The molecule has 2 fully saturated rings. The molecule has 1 aromatic rings. The summed E-state index contributed by atoms with van der Waals surface area (Å²) in [5, 5.41) is 3.50. The van der Waals surface area contributed by atoms with Crippen molar-refractivity contribution in [1.29, 1.82) is 0 Å². The molecule has 3 rings (SSSR count). The topological polar surface area (TPSA) is 21.3 Å². The molecule has 98 valence electrons. The maximum absolute atomic E-state index is 6.03. The van der Waals surface area contributed by atoms with E-state index in [9.17, 15) is 0 Å². The quantitative estimate of drug-likeness (QED) is 0.880. The highest BCUT2D eigenvalue weighted by molar-refractivity contribution is 5.37. The Balaban J connectivity index is 1.72. The van der Waals surface area contributed by atoms with Gasteiger partial charge in [-0.1, -0.05) is 17.7 Å². The molecule has 2 nitrogen and oxygen atoms in total. The van der Waals surface area contributed by atoms with Gasteiger partial charge in [0.25, 0.3) is 0 Å². The van der Waals surface area contributed by atoms with Crippen molar-refractivity contribution >= 4 is 0 Å². The minimum atomic E-state index is 0.496. The van der Waals surface area contributed by atoms with Crippen LogP contribution in [-0.4, -0.2) is 19.2 Å². The number of benzene rings is 1. The van der Waals surface area contributed by atoms with Crippen LogP contribution in [0.2, 0.25) is 0 Å². The molecule has 0 amide bonds. The van der Waals surface area contributed by atoms with Crippen LogP contribution in [0.5, 0.6) is 5.75 Å². The first-order chi connectivity index (χ1) is 8.81. The van der Waals surface area contributed by atoms with E-state index in [1.54, 1.807) is 0 Å². The van der Waals surface area contributed by atoms with Gasteiger partial charge in [0.05, 0.1) is 6.10 Å². The van der Waals surface area contributed by atoms with Crippen LogP contribution >= 0.6 is 0 Å². The van der Waals surface area contributed by atoms with Crippen molar-refractivity contribution in [3.8, 4) is 5.75 Å². The lowest BCUT2D eigenvalue weighted by Crippen LogP contribution is -2.30. The van der Waals surface area contributed by atoms with E-state index in [0.717, 1.165) is 24.6 Å². The largest absolute Gasteiger partial charge is 0.490 e. The second-order valence-electron chi connectivity index (χ2n) is 5.84. The SMILES string of the molecule is Cc1ccc(OC2CC2)c(CC2CCCNC2)c1. The second-order valence-corrected chi connectivity index (χ2v) is 5.84. The summed E-state index contributed by atoms with van der Waals surface area (Å²) in [6.07, 6.45) is 6.79. The summed E-state index contributed by atoms with van der Waals surface area (Å²) in [7, 11) is 0. The van der Waals surface area contributed by atoms with Gasteiger partial charge in [0.1, 0.15) is 5.75 Å². The highest BCUT2D eigenvalue weighted by Crippen LogP contribution is 2.31. The lowest BCUT2D eigenvalue weighted by molar-refractivity contribution is 0.295. The molecule has 2 aliphatic rings. The van der Waals surface area contributed by atoms with Crippen molar-refractivity contribution in [2.45, 2.75) is 45.1 Å². The second kappa shape index (κ2) is 5.31. The third-order valence-electron chi connectivity index (χ3n) is 3.94. The Bertz CT molecular complexity index is 406. The number of hydrogen-bond donors (Lipinski definition) is 1. The van der Waals surface area contributed by atoms with Crippen LogP contribution in [0.4, 0.5) is 0 Å². The summed E-state index contributed by atoms with van der Waals surface area (Å²) in [5.74, 6) is 1.91. The fraction of sp³-hybridized carbons (Fsp3) is 0.625. The average molecular weight is 245 g/mol. The van der Waals surface area contributed by atoms with Gasteiger partial charge in [0, 0.05) is 0 Å². The number of hydrogen-bond acceptors (Lipinski definition) is 2. The van der Waals surface area contributed by atoms with Gasteiger partial charge in [-0.25, -0.2) is 0 Å². The summed E-state index contributed by atoms with van der Waals surface area (Å²) in [5.41, 5.74) is 2.76. The Morgan fingerprint density at radius 3 is 2.89 bits per heavy atom. The molecule has 1 aliphatic heterocycles. The van der Waals surface area contributed by atoms with Crippen LogP contribution < -0.4 is 10.1 Å². The van der Waals surface area contributed by atoms with E-state index in [-0.39, 0.29) is 0 Å². The lowest BCUT2D eigenvalue weighted by atomic mass is 9.91. The Labute approximate surface area is 110 Å². The van der Waals surface area contributed by atoms with Gasteiger partial charge in [0.15, 0.2) is 0 Å². The molecule has 0 spiro atoms. The third kappa shape index (κ3) is 3.05. The molecule has 0 bridgehead atoms. The summed E-state index contributed by atoms with van der Waals surface area (Å²) in [4.78, 5) is 0. The maximum Gasteiger partial charge on any atom is 0.122 e. The van der Waals surface area contributed by atoms with E-state index in [0.29, 0.717) is 6.10 Å². The van der Waals surface area contributed by atoms with Crippen LogP contribution in [-0.2, 0) is 6.42 Å². The molecule has 0 radical (unpaired) electrons. The van der Waals surface area contributed by atoms with Crippen LogP contribution in [0.15, 0.2) is 18.2 Å². The van der Waals surface area contributed by atoms with Gasteiger partial charge in [-0.15, -0.1) is 0 Å². The Morgan fingerprint density at radius 2 is 2.17 bits per heavy atom. The number of ether oxygens (including phenoxy) is 1. The van der Waals surface area contributed by atoms with E-state index in [4.69, 9.17) is 4.74 Å². The maximum atomic E-state index is 6.03. The molecule has 1 atom stereocenters. The predicted molar refractivity (Wildman–Crippen MR) is 74.1 cm³/mol. The Morgan fingerprint density at radius 1 is 1.28 bits per heavy atom. The normalized spacial score (nSPS) is 23.9. The molecule has 1 saturated heterocycles. The van der Waals surface area contributed by atoms with Crippen LogP contribution in [0.1, 0.15) is 36.8 Å². The number of nitrogens with one attached hydrogen (secondary N) is 1. The van der Waals surface area contributed by atoms with E-state index in [1.165, 1.54) is 43.4 Å². The monoisotopic (exact) mass is 245 g/mol. The van der Waals surface area contributed by atoms with E-state index in [2.05, 4.69) is 30.4 Å². The van der Waals surface area contributed by atoms with E-state index < -0.39 is 0 Å². The average Bonchev–Trinajstić information content (AvgIpc) is 3.18. The molecule has 1 heterocycles. The van der Waals surface area contributed by atoms with Crippen molar-refractivity contribution in [3.05, 3.63) is 29.3 Å². The Hall–Kier alpha value is -1.02. The fourth-order valence-electron chi connectivity index (χ4n) is 2.76. The summed E-state index contributed by atoms with van der Waals surface area (Å²) >= 11 is 0. The van der Waals surface area contributed by atoms with Crippen molar-refractivity contribution in [2.24, 2.45) is 5.92 Å². The summed E-state index contributed by atoms with van der Waals surface area (Å²) < 4.78 is 6.03. The zero-order valence-corrected chi connectivity index (χ0v) is 11.2. The van der Waals surface area contributed by atoms with Gasteiger partial charge >= 0.3 is 0 Å². The molecule has 0 aromatic heterocycles. The molecule has 1 N–H and O–H groups in total. The number of aryl methyl sites for hydroxylation is 1. The zero-order chi connectivity index (χ0) is 12.4. The molecule has 1 aromatic carbocycles. The molecule has 1 unspecified atom stereocenters. The van der Waals surface area contributed by atoms with Crippen molar-refractivity contribution in [1.82, 2.24) is 5.32 Å². The van der Waals surface area contributed by atoms with Crippen molar-refractivity contribution < 1.29 is 4.74 Å². The molecule has 2 heteroatoms. The molecular weight excluding hydrogens is 222 g/mol. The van der Waals surface area contributed by atoms with Gasteiger partial charge in [-0.3, -0.25) is 0 Å². The minimum Gasteiger partial charge on any atom is -0.490 e. The van der Waals surface area contributed by atoms with Crippen molar-refractivity contribution in [2.75, 3.05) is 13.1 Å². The first kappa shape index (κ1) is 12.0. The first-order valence-electron chi connectivity index (χ1n) is 7.28. The van der Waals surface area contributed by atoms with Gasteiger partial charge < -0.3 is 10.1 Å². The number of piperidine rings is 1. The summed E-state index contributed by atoms with van der Waals surface area (Å²) in [6.45, 7) is 4.52. The molecule has 1 saturated carbocycles. The third-order valence-corrected chi connectivity index (χ3v) is 3.94. The summed E-state index contributed by atoms with van der Waals surface area (Å²) in [6, 6.07) is 6.64. The van der Waals surface area contributed by atoms with Gasteiger partial charge in [0.2, 0.25) is 0 Å². The smallest absolute Gasteiger partial charge is 0.122 e. The fourth-order valence-corrected chi connectivity index (χ4v) is 2.76. The Kier molecular flexibility index (Phi) is 3.55. The van der Waals surface area contributed by atoms with Crippen LogP contribution in [0.3, 0.4) is 0 Å². The highest BCUT2D eigenvalue weighted by atomic mass is 16.5. The van der Waals surface area contributed by atoms with Gasteiger partial charge in [-0.05, 0) is 69.7 Å². The minimum absolute atomic E-state index is 0.496. The van der Waals surface area contributed by atoms with E-state index >= 15 is 0 Å².